The summed E-state index contributed by atoms with van der Waals surface area (Å²) in [6.45, 7) is 0. The van der Waals surface area contributed by atoms with Crippen LogP contribution in [0.25, 0.3) is 16.9 Å². The SMILES string of the molecule is CSc1ccc(C(N)=C(C=NC(c2ccccc2)(c2ccccc2)c2ccccc2)c2ccc3nccn3c2)cc1. The molecule has 5 heteroatoms. The standard InChI is InChI=1S/C36H30N4S/c1-41-32-20-17-27(18-21-32)35(37)33(28-19-22-34-38-23-24-40(34)26-28)25-39-36(29-11-5-2-6-12-29,30-13-7-3-8-14-30)31-15-9-4-10-16-31/h2-26H,37H2,1H3. The summed E-state index contributed by atoms with van der Waals surface area (Å²) < 4.78 is 2.01. The Bertz CT molecular complexity index is 1710. The van der Waals surface area contributed by atoms with E-state index in [2.05, 4.69) is 121 Å². The highest BCUT2D eigenvalue weighted by atomic mass is 32.2. The molecule has 0 radical (unpaired) electrons. The molecule has 0 amide bonds. The van der Waals surface area contributed by atoms with Crippen molar-refractivity contribution in [3.8, 4) is 0 Å². The van der Waals surface area contributed by atoms with E-state index in [0.717, 1.165) is 39.0 Å². The van der Waals surface area contributed by atoms with Crippen LogP contribution in [0.3, 0.4) is 0 Å². The highest BCUT2D eigenvalue weighted by molar-refractivity contribution is 7.98. The highest BCUT2D eigenvalue weighted by Gasteiger charge is 2.35. The van der Waals surface area contributed by atoms with E-state index >= 15 is 0 Å². The Morgan fingerprint density at radius 1 is 0.732 bits per heavy atom. The first-order chi connectivity index (χ1) is 20.2. The van der Waals surface area contributed by atoms with Crippen LogP contribution in [0.15, 0.2) is 156 Å². The van der Waals surface area contributed by atoms with E-state index in [1.165, 1.54) is 4.90 Å². The summed E-state index contributed by atoms with van der Waals surface area (Å²) in [6, 6.07) is 43.8. The van der Waals surface area contributed by atoms with Crippen LogP contribution in [0.2, 0.25) is 0 Å². The Labute approximate surface area is 244 Å². The third kappa shape index (κ3) is 5.20. The molecule has 0 aliphatic heterocycles. The van der Waals surface area contributed by atoms with Crippen LogP contribution in [0.4, 0.5) is 0 Å². The molecule has 0 aliphatic rings. The van der Waals surface area contributed by atoms with Gasteiger partial charge in [0.15, 0.2) is 0 Å². The number of imidazole rings is 1. The summed E-state index contributed by atoms with van der Waals surface area (Å²) >= 11 is 1.71. The normalized spacial score (nSPS) is 12.5. The zero-order valence-electron chi connectivity index (χ0n) is 22.8. The lowest BCUT2D eigenvalue weighted by atomic mass is 9.77. The van der Waals surface area contributed by atoms with E-state index in [4.69, 9.17) is 10.7 Å². The molecular weight excluding hydrogens is 520 g/mol. The molecule has 200 valence electrons. The predicted molar refractivity (Wildman–Crippen MR) is 172 cm³/mol. The van der Waals surface area contributed by atoms with E-state index in [1.807, 2.05) is 41.1 Å². The molecule has 0 fully saturated rings. The predicted octanol–water partition coefficient (Wildman–Crippen LogP) is 7.95. The maximum Gasteiger partial charge on any atom is 0.136 e. The highest BCUT2D eigenvalue weighted by Crippen LogP contribution is 2.41. The topological polar surface area (TPSA) is 55.7 Å². The van der Waals surface area contributed by atoms with Crippen molar-refractivity contribution in [3.05, 3.63) is 174 Å². The number of fused-ring (bicyclic) bond motifs is 1. The number of thioether (sulfide) groups is 1. The van der Waals surface area contributed by atoms with Crippen LogP contribution in [0.5, 0.6) is 0 Å². The minimum Gasteiger partial charge on any atom is -0.398 e. The summed E-state index contributed by atoms with van der Waals surface area (Å²) in [4.78, 5) is 11.1. The second kappa shape index (κ2) is 11.7. The average Bonchev–Trinajstić information content (AvgIpc) is 3.53. The van der Waals surface area contributed by atoms with Gasteiger partial charge in [0, 0.05) is 46.5 Å². The Balaban J connectivity index is 1.61. The molecule has 6 rings (SSSR count). The van der Waals surface area contributed by atoms with E-state index in [0.29, 0.717) is 5.70 Å². The van der Waals surface area contributed by atoms with Gasteiger partial charge in [-0.2, -0.15) is 0 Å². The number of nitrogens with two attached hydrogens (primary N) is 1. The number of pyridine rings is 1. The second-order valence-corrected chi connectivity index (χ2v) is 10.6. The lowest BCUT2D eigenvalue weighted by Gasteiger charge is -2.32. The van der Waals surface area contributed by atoms with Crippen molar-refractivity contribution in [1.29, 1.82) is 0 Å². The zero-order valence-corrected chi connectivity index (χ0v) is 23.6. The van der Waals surface area contributed by atoms with Crippen molar-refractivity contribution in [2.24, 2.45) is 10.7 Å². The maximum atomic E-state index is 6.98. The van der Waals surface area contributed by atoms with Crippen molar-refractivity contribution >= 4 is 34.9 Å². The third-order valence-corrected chi connectivity index (χ3v) is 8.10. The lowest BCUT2D eigenvalue weighted by Crippen LogP contribution is -2.27. The minimum atomic E-state index is -0.795. The smallest absolute Gasteiger partial charge is 0.136 e. The fourth-order valence-electron chi connectivity index (χ4n) is 5.23. The maximum absolute atomic E-state index is 6.98. The molecule has 0 atom stereocenters. The van der Waals surface area contributed by atoms with Crippen molar-refractivity contribution < 1.29 is 0 Å². The molecule has 2 heterocycles. The minimum absolute atomic E-state index is 0.656. The van der Waals surface area contributed by atoms with E-state index in [-0.39, 0.29) is 0 Å². The average molecular weight is 551 g/mol. The Hall–Kier alpha value is -4.87. The summed E-state index contributed by atoms with van der Waals surface area (Å²) in [5, 5.41) is 0. The van der Waals surface area contributed by atoms with Gasteiger partial charge in [0.2, 0.25) is 0 Å². The molecule has 0 saturated heterocycles. The van der Waals surface area contributed by atoms with Crippen molar-refractivity contribution in [2.45, 2.75) is 10.4 Å². The van der Waals surface area contributed by atoms with Gasteiger partial charge in [-0.3, -0.25) is 4.99 Å². The van der Waals surface area contributed by atoms with Gasteiger partial charge in [0.25, 0.3) is 0 Å². The number of rotatable bonds is 8. The summed E-state index contributed by atoms with van der Waals surface area (Å²) in [7, 11) is 0. The van der Waals surface area contributed by atoms with Gasteiger partial charge in [-0.05, 0) is 52.8 Å². The number of nitrogens with zero attached hydrogens (tertiary/aromatic N) is 3. The van der Waals surface area contributed by atoms with Gasteiger partial charge < -0.3 is 10.1 Å². The van der Waals surface area contributed by atoms with Crippen molar-refractivity contribution in [1.82, 2.24) is 9.38 Å². The van der Waals surface area contributed by atoms with Gasteiger partial charge in [-0.1, -0.05) is 103 Å². The number of aromatic nitrogens is 2. The van der Waals surface area contributed by atoms with Crippen LogP contribution in [-0.2, 0) is 5.54 Å². The lowest BCUT2D eigenvalue weighted by molar-refractivity contribution is 0.660. The van der Waals surface area contributed by atoms with E-state index in [1.54, 1.807) is 18.0 Å². The molecule has 0 saturated carbocycles. The van der Waals surface area contributed by atoms with Crippen LogP contribution in [0.1, 0.15) is 27.8 Å². The zero-order chi connectivity index (χ0) is 28.1. The van der Waals surface area contributed by atoms with Crippen molar-refractivity contribution in [2.75, 3.05) is 6.26 Å². The van der Waals surface area contributed by atoms with Gasteiger partial charge >= 0.3 is 0 Å². The van der Waals surface area contributed by atoms with E-state index in [9.17, 15) is 0 Å². The largest absolute Gasteiger partial charge is 0.398 e. The first kappa shape index (κ1) is 26.4. The van der Waals surface area contributed by atoms with Crippen LogP contribution < -0.4 is 5.73 Å². The number of benzene rings is 4. The molecule has 0 spiro atoms. The molecule has 4 nitrogen and oxygen atoms in total. The molecule has 0 aliphatic carbocycles. The van der Waals surface area contributed by atoms with Crippen LogP contribution in [-0.4, -0.2) is 21.9 Å². The monoisotopic (exact) mass is 550 g/mol. The molecule has 0 unspecified atom stereocenters. The molecule has 41 heavy (non-hydrogen) atoms. The number of aliphatic imine (C=N–C) groups is 1. The molecule has 6 aromatic rings. The molecule has 0 bridgehead atoms. The number of allylic oxidation sites excluding steroid dienone is 1. The number of hydrogen-bond donors (Lipinski definition) is 1. The van der Waals surface area contributed by atoms with Crippen LogP contribution in [0, 0.1) is 0 Å². The van der Waals surface area contributed by atoms with Gasteiger partial charge in [0.05, 0.1) is 0 Å². The molecule has 2 N–H and O–H groups in total. The summed E-state index contributed by atoms with van der Waals surface area (Å²) in [5.74, 6) is 0. The molecule has 4 aromatic carbocycles. The third-order valence-electron chi connectivity index (χ3n) is 7.35. The van der Waals surface area contributed by atoms with Gasteiger partial charge in [-0.25, -0.2) is 4.98 Å². The summed E-state index contributed by atoms with van der Waals surface area (Å²) in [6.07, 6.45) is 9.82. The van der Waals surface area contributed by atoms with Gasteiger partial charge in [0.1, 0.15) is 11.2 Å². The fraction of sp³-hybridized carbons (Fsp3) is 0.0556. The molecular formula is C36H30N4S. The first-order valence-electron chi connectivity index (χ1n) is 13.5. The molecule has 2 aromatic heterocycles. The Morgan fingerprint density at radius 3 is 1.80 bits per heavy atom. The Kier molecular flexibility index (Phi) is 7.52. The Morgan fingerprint density at radius 2 is 1.27 bits per heavy atom. The fourth-order valence-corrected chi connectivity index (χ4v) is 5.64. The number of hydrogen-bond acceptors (Lipinski definition) is 4. The quantitative estimate of drug-likeness (QED) is 0.119. The van der Waals surface area contributed by atoms with Crippen LogP contribution >= 0.6 is 11.8 Å². The van der Waals surface area contributed by atoms with Gasteiger partial charge in [-0.15, -0.1) is 11.8 Å². The first-order valence-corrected chi connectivity index (χ1v) is 14.7. The second-order valence-electron chi connectivity index (χ2n) is 9.73. The summed E-state index contributed by atoms with van der Waals surface area (Å²) in [5.41, 5.74) is 13.7. The van der Waals surface area contributed by atoms with Crippen molar-refractivity contribution in [3.63, 3.8) is 0 Å². The van der Waals surface area contributed by atoms with E-state index < -0.39 is 5.54 Å².